The predicted molar refractivity (Wildman–Crippen MR) is 111 cm³/mol. The quantitative estimate of drug-likeness (QED) is 0.507. The summed E-state index contributed by atoms with van der Waals surface area (Å²) in [6.45, 7) is 0.330. The van der Waals surface area contributed by atoms with Gasteiger partial charge in [0.25, 0.3) is 5.56 Å². The van der Waals surface area contributed by atoms with Crippen LogP contribution in [-0.2, 0) is 13.0 Å². The molecule has 0 atom stereocenters. The number of halogens is 2. The van der Waals surface area contributed by atoms with Crippen LogP contribution in [0.3, 0.4) is 0 Å². The van der Waals surface area contributed by atoms with E-state index in [-0.39, 0.29) is 11.3 Å². The molecule has 0 bridgehead atoms. The van der Waals surface area contributed by atoms with Crippen LogP contribution in [0.2, 0.25) is 0 Å². The summed E-state index contributed by atoms with van der Waals surface area (Å²) < 4.78 is 29.0. The van der Waals surface area contributed by atoms with Crippen molar-refractivity contribution in [3.63, 3.8) is 0 Å². The topological polar surface area (TPSA) is 63.9 Å². The van der Waals surface area contributed by atoms with Gasteiger partial charge < -0.3 is 4.90 Å². The normalized spacial score (nSPS) is 11.1. The first kappa shape index (κ1) is 19.6. The van der Waals surface area contributed by atoms with Crippen LogP contribution >= 0.6 is 0 Å². The van der Waals surface area contributed by atoms with Crippen LogP contribution in [0.4, 0.5) is 14.7 Å². The summed E-state index contributed by atoms with van der Waals surface area (Å²) in [6.07, 6.45) is 2.09. The van der Waals surface area contributed by atoms with Gasteiger partial charge in [-0.3, -0.25) is 9.36 Å². The Kier molecular flexibility index (Phi) is 5.22. The van der Waals surface area contributed by atoms with Gasteiger partial charge in [0.2, 0.25) is 5.95 Å². The highest BCUT2D eigenvalue weighted by molar-refractivity contribution is 5.74. The largest absolute Gasteiger partial charge is 0.347 e. The van der Waals surface area contributed by atoms with E-state index in [1.54, 1.807) is 19.0 Å². The molecule has 30 heavy (non-hydrogen) atoms. The van der Waals surface area contributed by atoms with Crippen molar-refractivity contribution in [3.05, 3.63) is 82.3 Å². The lowest BCUT2D eigenvalue weighted by molar-refractivity contribution is 0.584. The van der Waals surface area contributed by atoms with Crippen LogP contribution in [0.25, 0.3) is 22.4 Å². The maximum atomic E-state index is 13.8. The zero-order chi connectivity index (χ0) is 21.3. The molecule has 4 aromatic rings. The highest BCUT2D eigenvalue weighted by Crippen LogP contribution is 2.20. The minimum absolute atomic E-state index is 0.0461. The monoisotopic (exact) mass is 407 g/mol. The van der Waals surface area contributed by atoms with Crippen LogP contribution in [-0.4, -0.2) is 33.6 Å². The van der Waals surface area contributed by atoms with E-state index in [0.717, 1.165) is 23.8 Å². The summed E-state index contributed by atoms with van der Waals surface area (Å²) in [5.74, 6) is -1.12. The molecule has 0 unspecified atom stereocenters. The molecule has 4 rings (SSSR count). The summed E-state index contributed by atoms with van der Waals surface area (Å²) in [4.78, 5) is 28.1. The van der Waals surface area contributed by atoms with E-state index in [9.17, 15) is 13.6 Å². The summed E-state index contributed by atoms with van der Waals surface area (Å²) in [6, 6.07) is 12.7. The lowest BCUT2D eigenvalue weighted by Gasteiger charge is -2.15. The number of aromatic nitrogens is 4. The molecule has 0 saturated heterocycles. The third kappa shape index (κ3) is 3.89. The van der Waals surface area contributed by atoms with Crippen molar-refractivity contribution in [2.75, 3.05) is 19.0 Å². The predicted octanol–water partition coefficient (Wildman–Crippen LogP) is 3.44. The van der Waals surface area contributed by atoms with Crippen molar-refractivity contribution < 1.29 is 8.78 Å². The molecule has 0 aliphatic rings. The van der Waals surface area contributed by atoms with Gasteiger partial charge in [-0.05, 0) is 24.1 Å². The number of anilines is 1. The van der Waals surface area contributed by atoms with Crippen molar-refractivity contribution in [3.8, 4) is 11.3 Å². The number of aryl methyl sites for hydroxylation is 2. The van der Waals surface area contributed by atoms with Gasteiger partial charge in [0.05, 0.1) is 6.20 Å². The second-order valence-corrected chi connectivity index (χ2v) is 7.08. The highest BCUT2D eigenvalue weighted by Gasteiger charge is 2.17. The molecular weight excluding hydrogens is 388 g/mol. The van der Waals surface area contributed by atoms with Crippen LogP contribution in [0.1, 0.15) is 5.56 Å². The molecule has 0 radical (unpaired) electrons. The van der Waals surface area contributed by atoms with Crippen LogP contribution < -0.4 is 10.5 Å². The van der Waals surface area contributed by atoms with Gasteiger partial charge in [0, 0.05) is 32.3 Å². The second-order valence-electron chi connectivity index (χ2n) is 7.08. The Labute approximate surface area is 171 Å². The van der Waals surface area contributed by atoms with Crippen LogP contribution in [0.15, 0.2) is 59.5 Å². The Hall–Kier alpha value is -3.68. The number of benzene rings is 2. The Morgan fingerprint density at radius 1 is 1.00 bits per heavy atom. The van der Waals surface area contributed by atoms with E-state index in [2.05, 4.69) is 15.0 Å². The Morgan fingerprint density at radius 3 is 2.37 bits per heavy atom. The van der Waals surface area contributed by atoms with Gasteiger partial charge in [-0.25, -0.2) is 18.7 Å². The van der Waals surface area contributed by atoms with Crippen molar-refractivity contribution in [2.45, 2.75) is 13.0 Å². The van der Waals surface area contributed by atoms with E-state index in [1.807, 2.05) is 30.3 Å². The first-order chi connectivity index (χ1) is 14.4. The van der Waals surface area contributed by atoms with Crippen molar-refractivity contribution in [2.24, 2.45) is 0 Å². The fraction of sp³-hybridized carbons (Fsp3) is 0.182. The molecule has 0 saturated carbocycles. The lowest BCUT2D eigenvalue weighted by atomic mass is 10.1. The standard InChI is InChI=1S/C22H19F2N5O/c1-28(2)22-25-13-18-20(27-22)29(9-8-14-6-4-3-5-7-14)21(30)19(26-18)15-10-16(23)12-17(24)11-15/h3-7,10-13H,8-9H2,1-2H3. The Bertz CT molecular complexity index is 1250. The minimum atomic E-state index is -0.777. The molecular formula is C22H19F2N5O. The van der Waals surface area contributed by atoms with E-state index >= 15 is 0 Å². The van der Waals surface area contributed by atoms with Crippen LogP contribution in [0.5, 0.6) is 0 Å². The molecule has 0 aliphatic carbocycles. The van der Waals surface area contributed by atoms with Gasteiger partial charge in [-0.1, -0.05) is 30.3 Å². The molecule has 2 heterocycles. The molecule has 0 N–H and O–H groups in total. The minimum Gasteiger partial charge on any atom is -0.347 e. The average molecular weight is 407 g/mol. The van der Waals surface area contributed by atoms with Gasteiger partial charge in [-0.15, -0.1) is 0 Å². The molecule has 6 nitrogen and oxygen atoms in total. The molecule has 0 aliphatic heterocycles. The number of fused-ring (bicyclic) bond motifs is 1. The molecule has 0 spiro atoms. The van der Waals surface area contributed by atoms with Gasteiger partial charge in [-0.2, -0.15) is 4.98 Å². The number of nitrogens with zero attached hydrogens (tertiary/aromatic N) is 5. The van der Waals surface area contributed by atoms with E-state index in [0.29, 0.717) is 30.1 Å². The maximum Gasteiger partial charge on any atom is 0.278 e. The van der Waals surface area contributed by atoms with E-state index < -0.39 is 17.2 Å². The fourth-order valence-corrected chi connectivity index (χ4v) is 3.21. The molecule has 2 aromatic heterocycles. The van der Waals surface area contributed by atoms with Gasteiger partial charge >= 0.3 is 0 Å². The average Bonchev–Trinajstić information content (AvgIpc) is 2.72. The Morgan fingerprint density at radius 2 is 1.70 bits per heavy atom. The smallest absolute Gasteiger partial charge is 0.278 e. The first-order valence-corrected chi connectivity index (χ1v) is 9.37. The van der Waals surface area contributed by atoms with E-state index in [1.165, 1.54) is 10.8 Å². The zero-order valence-corrected chi connectivity index (χ0v) is 16.5. The molecule has 8 heteroatoms. The zero-order valence-electron chi connectivity index (χ0n) is 16.5. The number of rotatable bonds is 5. The van der Waals surface area contributed by atoms with Crippen molar-refractivity contribution in [1.82, 2.24) is 19.5 Å². The SMILES string of the molecule is CN(C)c1ncc2nc(-c3cc(F)cc(F)c3)c(=O)n(CCc3ccccc3)c2n1. The van der Waals surface area contributed by atoms with Crippen molar-refractivity contribution in [1.29, 1.82) is 0 Å². The highest BCUT2D eigenvalue weighted by atomic mass is 19.1. The molecule has 152 valence electrons. The van der Waals surface area contributed by atoms with Gasteiger partial charge in [0.1, 0.15) is 22.8 Å². The third-order valence-corrected chi connectivity index (χ3v) is 4.68. The van der Waals surface area contributed by atoms with Crippen LogP contribution in [0, 0.1) is 11.6 Å². The molecule has 0 fully saturated rings. The van der Waals surface area contributed by atoms with Gasteiger partial charge in [0.15, 0.2) is 5.65 Å². The third-order valence-electron chi connectivity index (χ3n) is 4.68. The second kappa shape index (κ2) is 7.98. The number of hydrogen-bond donors (Lipinski definition) is 0. The summed E-state index contributed by atoms with van der Waals surface area (Å²) in [5.41, 5.74) is 1.35. The maximum absolute atomic E-state index is 13.8. The molecule has 0 amide bonds. The lowest BCUT2D eigenvalue weighted by Crippen LogP contribution is -2.26. The molecule has 2 aromatic carbocycles. The first-order valence-electron chi connectivity index (χ1n) is 9.37. The van der Waals surface area contributed by atoms with E-state index in [4.69, 9.17) is 0 Å². The summed E-state index contributed by atoms with van der Waals surface area (Å²) >= 11 is 0. The fourth-order valence-electron chi connectivity index (χ4n) is 3.21. The summed E-state index contributed by atoms with van der Waals surface area (Å²) in [5, 5.41) is 0. The number of hydrogen-bond acceptors (Lipinski definition) is 5. The summed E-state index contributed by atoms with van der Waals surface area (Å²) in [7, 11) is 3.59. The Balaban J connectivity index is 1.90. The van der Waals surface area contributed by atoms with Crippen molar-refractivity contribution >= 4 is 17.1 Å².